The molecule has 0 saturated carbocycles. The smallest absolute Gasteiger partial charge is 0.287 e. The van der Waals surface area contributed by atoms with E-state index in [-0.39, 0.29) is 5.69 Å². The number of nitrogens with two attached hydrogens (primary N) is 1. The van der Waals surface area contributed by atoms with Crippen LogP contribution in [0.25, 0.3) is 5.69 Å². The quantitative estimate of drug-likeness (QED) is 0.497. The van der Waals surface area contributed by atoms with Gasteiger partial charge in [0.05, 0.1) is 10.7 Å². The number of rotatable bonds is 2. The Labute approximate surface area is 113 Å². The van der Waals surface area contributed by atoms with Gasteiger partial charge in [0, 0.05) is 5.02 Å². The molecule has 1 aromatic carbocycles. The molecule has 3 N–H and O–H groups in total. The lowest BCUT2D eigenvalue weighted by atomic mass is 10.3. The van der Waals surface area contributed by atoms with Gasteiger partial charge in [0.15, 0.2) is 5.69 Å². The lowest BCUT2D eigenvalue weighted by Crippen LogP contribution is -2.30. The molecule has 0 bridgehead atoms. The average molecular weight is 286 g/mol. The molecule has 8 heteroatoms. The van der Waals surface area contributed by atoms with Crippen LogP contribution in [0.2, 0.25) is 10.0 Å². The molecule has 0 unspecified atom stereocenters. The van der Waals surface area contributed by atoms with Gasteiger partial charge in [-0.1, -0.05) is 23.2 Å². The molecule has 0 radical (unpaired) electrons. The van der Waals surface area contributed by atoms with E-state index in [0.717, 1.165) is 0 Å². The third-order valence-electron chi connectivity index (χ3n) is 2.25. The number of aryl methyl sites for hydroxylation is 1. The Morgan fingerprint density at radius 2 is 2.11 bits per heavy atom. The summed E-state index contributed by atoms with van der Waals surface area (Å²) in [6.07, 6.45) is 0. The minimum Gasteiger partial charge on any atom is -0.289 e. The Kier molecular flexibility index (Phi) is 3.51. The van der Waals surface area contributed by atoms with Crippen molar-refractivity contribution in [3.8, 4) is 5.69 Å². The number of halogens is 2. The third-order valence-corrected chi connectivity index (χ3v) is 2.79. The van der Waals surface area contributed by atoms with E-state index in [4.69, 9.17) is 29.0 Å². The van der Waals surface area contributed by atoms with E-state index in [2.05, 4.69) is 10.2 Å². The van der Waals surface area contributed by atoms with Crippen molar-refractivity contribution in [2.24, 2.45) is 5.84 Å². The van der Waals surface area contributed by atoms with Crippen LogP contribution in [0, 0.1) is 6.92 Å². The summed E-state index contributed by atoms with van der Waals surface area (Å²) in [5.41, 5.74) is 3.12. The molecule has 0 saturated heterocycles. The molecule has 0 fully saturated rings. The minimum absolute atomic E-state index is 0.142. The molecule has 0 aliphatic rings. The van der Waals surface area contributed by atoms with Crippen molar-refractivity contribution in [2.75, 3.05) is 0 Å². The van der Waals surface area contributed by atoms with Gasteiger partial charge in [-0.25, -0.2) is 5.84 Å². The van der Waals surface area contributed by atoms with Crippen LogP contribution in [0.3, 0.4) is 0 Å². The van der Waals surface area contributed by atoms with Gasteiger partial charge < -0.3 is 0 Å². The van der Waals surface area contributed by atoms with Crippen molar-refractivity contribution >= 4 is 29.1 Å². The Bertz CT molecular complexity index is 610. The molecule has 0 aliphatic carbocycles. The van der Waals surface area contributed by atoms with Crippen LogP contribution in [0.15, 0.2) is 18.2 Å². The van der Waals surface area contributed by atoms with Gasteiger partial charge in [-0.2, -0.15) is 5.10 Å². The average Bonchev–Trinajstić information content (AvgIpc) is 2.70. The standard InChI is InChI=1S/C10H9Cl2N5O/c1-5-9(10(18)14-13)16-17(15-5)8-3-2-6(11)4-7(8)12/h2-4H,13H2,1H3,(H,14,18). The highest BCUT2D eigenvalue weighted by molar-refractivity contribution is 6.35. The van der Waals surface area contributed by atoms with E-state index in [1.54, 1.807) is 25.1 Å². The van der Waals surface area contributed by atoms with Crippen molar-refractivity contribution in [2.45, 2.75) is 6.92 Å². The second-order valence-corrected chi connectivity index (χ2v) is 4.34. The van der Waals surface area contributed by atoms with Gasteiger partial charge in [-0.15, -0.1) is 9.90 Å². The Balaban J connectivity index is 2.49. The number of nitrogens with zero attached hydrogens (tertiary/aromatic N) is 3. The maximum atomic E-state index is 11.4. The van der Waals surface area contributed by atoms with Crippen LogP contribution in [-0.4, -0.2) is 20.9 Å². The zero-order chi connectivity index (χ0) is 13.3. The van der Waals surface area contributed by atoms with E-state index < -0.39 is 5.91 Å². The summed E-state index contributed by atoms with van der Waals surface area (Å²) in [6, 6.07) is 4.89. The van der Waals surface area contributed by atoms with Crippen LogP contribution in [0.5, 0.6) is 0 Å². The highest BCUT2D eigenvalue weighted by Gasteiger charge is 2.16. The van der Waals surface area contributed by atoms with Crippen molar-refractivity contribution in [1.82, 2.24) is 20.4 Å². The van der Waals surface area contributed by atoms with Crippen molar-refractivity contribution in [3.05, 3.63) is 39.6 Å². The molecule has 6 nitrogen and oxygen atoms in total. The predicted molar refractivity (Wildman–Crippen MR) is 67.8 cm³/mol. The number of amides is 1. The van der Waals surface area contributed by atoms with Crippen LogP contribution < -0.4 is 11.3 Å². The third kappa shape index (κ3) is 2.31. The zero-order valence-electron chi connectivity index (χ0n) is 9.32. The number of carbonyl (C=O) groups is 1. The number of hydrogen-bond donors (Lipinski definition) is 2. The molecule has 0 aliphatic heterocycles. The van der Waals surface area contributed by atoms with Crippen LogP contribution >= 0.6 is 23.2 Å². The Morgan fingerprint density at radius 3 is 2.72 bits per heavy atom. The lowest BCUT2D eigenvalue weighted by molar-refractivity contribution is 0.0947. The molecule has 2 aromatic rings. The van der Waals surface area contributed by atoms with Gasteiger partial charge >= 0.3 is 0 Å². The molecule has 0 spiro atoms. The Morgan fingerprint density at radius 1 is 1.39 bits per heavy atom. The fraction of sp³-hybridized carbons (Fsp3) is 0.100. The minimum atomic E-state index is -0.510. The second-order valence-electron chi connectivity index (χ2n) is 3.49. The SMILES string of the molecule is Cc1nn(-c2ccc(Cl)cc2Cl)nc1C(=O)NN. The molecule has 18 heavy (non-hydrogen) atoms. The number of hydrazine groups is 1. The first-order valence-corrected chi connectivity index (χ1v) is 5.69. The van der Waals surface area contributed by atoms with Crippen LogP contribution in [0.4, 0.5) is 0 Å². The van der Waals surface area contributed by atoms with E-state index >= 15 is 0 Å². The molecule has 1 heterocycles. The maximum Gasteiger partial charge on any atom is 0.287 e. The summed E-state index contributed by atoms with van der Waals surface area (Å²) in [4.78, 5) is 12.7. The van der Waals surface area contributed by atoms with Crippen molar-refractivity contribution in [1.29, 1.82) is 0 Å². The molecular weight excluding hydrogens is 277 g/mol. The summed E-state index contributed by atoms with van der Waals surface area (Å²) < 4.78 is 0. The number of hydrogen-bond acceptors (Lipinski definition) is 4. The van der Waals surface area contributed by atoms with Gasteiger partial charge in [-0.3, -0.25) is 10.2 Å². The maximum absolute atomic E-state index is 11.4. The number of carbonyl (C=O) groups excluding carboxylic acids is 1. The summed E-state index contributed by atoms with van der Waals surface area (Å²) in [7, 11) is 0. The molecular formula is C10H9Cl2N5O. The summed E-state index contributed by atoms with van der Waals surface area (Å²) in [5, 5.41) is 9.02. The van der Waals surface area contributed by atoms with E-state index in [0.29, 0.717) is 21.4 Å². The number of nitrogens with one attached hydrogen (secondary N) is 1. The molecule has 0 atom stereocenters. The highest BCUT2D eigenvalue weighted by Crippen LogP contribution is 2.23. The summed E-state index contributed by atoms with van der Waals surface area (Å²) in [5.74, 6) is 4.54. The van der Waals surface area contributed by atoms with Crippen molar-refractivity contribution < 1.29 is 4.79 Å². The zero-order valence-corrected chi connectivity index (χ0v) is 10.8. The molecule has 2 rings (SSSR count). The number of nitrogen functional groups attached to an aromatic ring is 1. The Hall–Kier alpha value is -1.63. The second kappa shape index (κ2) is 4.93. The lowest BCUT2D eigenvalue weighted by Gasteiger charge is -2.02. The molecule has 1 amide bonds. The van der Waals surface area contributed by atoms with Gasteiger partial charge in [0.25, 0.3) is 5.91 Å². The van der Waals surface area contributed by atoms with Gasteiger partial charge in [0.2, 0.25) is 0 Å². The summed E-state index contributed by atoms with van der Waals surface area (Å²) in [6.45, 7) is 1.65. The largest absolute Gasteiger partial charge is 0.289 e. The van der Waals surface area contributed by atoms with Crippen LogP contribution in [0.1, 0.15) is 16.2 Å². The van der Waals surface area contributed by atoms with Crippen molar-refractivity contribution in [3.63, 3.8) is 0 Å². The first-order valence-electron chi connectivity index (χ1n) is 4.93. The molecule has 1 aromatic heterocycles. The molecule has 94 valence electrons. The monoisotopic (exact) mass is 285 g/mol. The fourth-order valence-electron chi connectivity index (χ4n) is 1.41. The first kappa shape index (κ1) is 12.8. The topological polar surface area (TPSA) is 85.8 Å². The van der Waals surface area contributed by atoms with E-state index in [1.807, 2.05) is 5.43 Å². The number of benzene rings is 1. The van der Waals surface area contributed by atoms with Crippen LogP contribution in [-0.2, 0) is 0 Å². The fourth-order valence-corrected chi connectivity index (χ4v) is 1.89. The normalized spacial score (nSPS) is 10.4. The van der Waals surface area contributed by atoms with E-state index in [9.17, 15) is 4.79 Å². The van der Waals surface area contributed by atoms with Gasteiger partial charge in [-0.05, 0) is 25.1 Å². The summed E-state index contributed by atoms with van der Waals surface area (Å²) >= 11 is 11.8. The number of aromatic nitrogens is 3. The van der Waals surface area contributed by atoms with E-state index in [1.165, 1.54) is 4.80 Å². The first-order chi connectivity index (χ1) is 8.52. The highest BCUT2D eigenvalue weighted by atomic mass is 35.5. The van der Waals surface area contributed by atoms with Gasteiger partial charge in [0.1, 0.15) is 5.69 Å². The predicted octanol–water partition coefficient (Wildman–Crippen LogP) is 1.49.